The van der Waals surface area contributed by atoms with E-state index in [9.17, 15) is 14.3 Å². The van der Waals surface area contributed by atoms with Gasteiger partial charge in [0.1, 0.15) is 11.9 Å². The molecule has 5 nitrogen and oxygen atoms in total. The van der Waals surface area contributed by atoms with Gasteiger partial charge in [0.15, 0.2) is 11.5 Å². The van der Waals surface area contributed by atoms with E-state index >= 15 is 0 Å². The second kappa shape index (κ2) is 10.7. The topological polar surface area (TPSA) is 67.8 Å². The number of hydrogen-bond acceptors (Lipinski definition) is 4. The van der Waals surface area contributed by atoms with Crippen molar-refractivity contribution in [1.29, 1.82) is 0 Å². The summed E-state index contributed by atoms with van der Waals surface area (Å²) in [6.07, 6.45) is 0.349. The Bertz CT molecular complexity index is 762. The third-order valence-corrected chi connectivity index (χ3v) is 4.23. The Hall–Kier alpha value is -2.60. The highest BCUT2D eigenvalue weighted by Crippen LogP contribution is 2.29. The third-order valence-electron chi connectivity index (χ3n) is 4.23. The number of hydrogen-bond donors (Lipinski definition) is 2. The van der Waals surface area contributed by atoms with E-state index in [1.54, 1.807) is 19.2 Å². The van der Waals surface area contributed by atoms with Gasteiger partial charge >= 0.3 is 0 Å². The van der Waals surface area contributed by atoms with E-state index in [1.807, 2.05) is 32.0 Å². The molecule has 28 heavy (non-hydrogen) atoms. The number of benzene rings is 2. The smallest absolute Gasteiger partial charge is 0.248 e. The van der Waals surface area contributed by atoms with E-state index in [0.717, 1.165) is 11.1 Å². The second-order valence-electron chi connectivity index (χ2n) is 6.87. The molecule has 1 amide bonds. The zero-order valence-corrected chi connectivity index (χ0v) is 16.6. The van der Waals surface area contributed by atoms with Crippen molar-refractivity contribution in [2.24, 2.45) is 0 Å². The molecule has 2 aromatic rings. The Morgan fingerprint density at radius 3 is 2.39 bits per heavy atom. The van der Waals surface area contributed by atoms with Crippen molar-refractivity contribution in [2.45, 2.75) is 45.3 Å². The van der Waals surface area contributed by atoms with Crippen LogP contribution >= 0.6 is 0 Å². The summed E-state index contributed by atoms with van der Waals surface area (Å²) in [5.74, 6) is 0.620. The maximum Gasteiger partial charge on any atom is 0.248 e. The first kappa shape index (κ1) is 21.7. The molecule has 0 heterocycles. The number of carbonyl (C=O) groups excluding carboxylic acids is 1. The molecule has 2 N–H and O–H groups in total. The second-order valence-corrected chi connectivity index (χ2v) is 6.87. The van der Waals surface area contributed by atoms with Crippen LogP contribution in [0.3, 0.4) is 0 Å². The van der Waals surface area contributed by atoms with Gasteiger partial charge in [-0.15, -0.1) is 0 Å². The Kier molecular flexibility index (Phi) is 8.26. The van der Waals surface area contributed by atoms with Gasteiger partial charge in [0.25, 0.3) is 0 Å². The molecule has 6 heteroatoms. The first-order valence-corrected chi connectivity index (χ1v) is 9.43. The van der Waals surface area contributed by atoms with Gasteiger partial charge in [-0.25, -0.2) is 4.39 Å². The fourth-order valence-corrected chi connectivity index (χ4v) is 2.75. The summed E-state index contributed by atoms with van der Waals surface area (Å²) in [4.78, 5) is 12.0. The lowest BCUT2D eigenvalue weighted by atomic mass is 10.1. The summed E-state index contributed by atoms with van der Waals surface area (Å²) >= 11 is 0. The van der Waals surface area contributed by atoms with E-state index in [0.29, 0.717) is 30.9 Å². The van der Waals surface area contributed by atoms with Gasteiger partial charge in [-0.3, -0.25) is 4.79 Å². The zero-order valence-electron chi connectivity index (χ0n) is 16.6. The molecule has 0 unspecified atom stereocenters. The standard InChI is InChI=1S/C22H28FNO4/c1-15(2)28-20-11-7-17(14-21(20)27-3)12-13-24-22(26)19(25)10-6-16-4-8-18(23)9-5-16/h4-5,7-9,11,14-15,19,25H,6,10,12-13H2,1-3H3,(H,24,26)/t19-/m1/s1. The number of ether oxygens (including phenoxy) is 2. The summed E-state index contributed by atoms with van der Waals surface area (Å²) in [6.45, 7) is 4.30. The average molecular weight is 389 g/mol. The van der Waals surface area contributed by atoms with Crippen LogP contribution in [0.4, 0.5) is 4.39 Å². The van der Waals surface area contributed by atoms with Crippen LogP contribution in [0.25, 0.3) is 0 Å². The lowest BCUT2D eigenvalue weighted by Gasteiger charge is -2.15. The van der Waals surface area contributed by atoms with E-state index in [4.69, 9.17) is 9.47 Å². The van der Waals surface area contributed by atoms with Crippen LogP contribution < -0.4 is 14.8 Å². The van der Waals surface area contributed by atoms with Crippen LogP contribution in [0.5, 0.6) is 11.5 Å². The highest BCUT2D eigenvalue weighted by Gasteiger charge is 2.14. The zero-order chi connectivity index (χ0) is 20.5. The highest BCUT2D eigenvalue weighted by atomic mass is 19.1. The van der Waals surface area contributed by atoms with Gasteiger partial charge in [-0.2, -0.15) is 0 Å². The van der Waals surface area contributed by atoms with Crippen LogP contribution in [0.2, 0.25) is 0 Å². The minimum absolute atomic E-state index is 0.0513. The molecule has 152 valence electrons. The van der Waals surface area contributed by atoms with Crippen molar-refractivity contribution < 1.29 is 23.8 Å². The molecule has 0 aromatic heterocycles. The molecule has 2 aromatic carbocycles. The van der Waals surface area contributed by atoms with Crippen LogP contribution in [0.15, 0.2) is 42.5 Å². The molecule has 0 radical (unpaired) electrons. The van der Waals surface area contributed by atoms with E-state index in [2.05, 4.69) is 5.32 Å². The molecule has 0 saturated carbocycles. The molecular weight excluding hydrogens is 361 g/mol. The van der Waals surface area contributed by atoms with E-state index in [1.165, 1.54) is 12.1 Å². The minimum atomic E-state index is -1.10. The van der Waals surface area contributed by atoms with Gasteiger partial charge < -0.3 is 19.9 Å². The number of aliphatic hydroxyl groups excluding tert-OH is 1. The maximum absolute atomic E-state index is 12.9. The molecule has 0 fully saturated rings. The summed E-state index contributed by atoms with van der Waals surface area (Å²) in [5, 5.41) is 12.8. The SMILES string of the molecule is COc1cc(CCNC(=O)[C@H](O)CCc2ccc(F)cc2)ccc1OC(C)C. The Labute approximate surface area is 165 Å². The normalized spacial score (nSPS) is 11.9. The van der Waals surface area contributed by atoms with Crippen LogP contribution in [-0.4, -0.2) is 36.9 Å². The molecular formula is C22H28FNO4. The van der Waals surface area contributed by atoms with Crippen molar-refractivity contribution in [3.63, 3.8) is 0 Å². The van der Waals surface area contributed by atoms with Crippen molar-refractivity contribution in [2.75, 3.05) is 13.7 Å². The lowest BCUT2D eigenvalue weighted by molar-refractivity contribution is -0.129. The maximum atomic E-state index is 12.9. The van der Waals surface area contributed by atoms with Crippen LogP contribution in [-0.2, 0) is 17.6 Å². The minimum Gasteiger partial charge on any atom is -0.493 e. The lowest BCUT2D eigenvalue weighted by Crippen LogP contribution is -2.36. The Balaban J connectivity index is 1.78. The number of halogens is 1. The van der Waals surface area contributed by atoms with E-state index in [-0.39, 0.29) is 18.3 Å². The van der Waals surface area contributed by atoms with E-state index < -0.39 is 12.0 Å². The molecule has 0 saturated heterocycles. The number of aryl methyl sites for hydroxylation is 1. The number of carbonyl (C=O) groups is 1. The number of amides is 1. The van der Waals surface area contributed by atoms with Crippen molar-refractivity contribution in [3.05, 3.63) is 59.4 Å². The monoisotopic (exact) mass is 389 g/mol. The Morgan fingerprint density at radius 1 is 1.07 bits per heavy atom. The Morgan fingerprint density at radius 2 is 1.75 bits per heavy atom. The number of aliphatic hydroxyl groups is 1. The molecule has 0 aliphatic heterocycles. The fraction of sp³-hybridized carbons (Fsp3) is 0.409. The number of methoxy groups -OCH3 is 1. The molecule has 1 atom stereocenters. The number of nitrogens with one attached hydrogen (secondary N) is 1. The van der Waals surface area contributed by atoms with Crippen molar-refractivity contribution in [3.8, 4) is 11.5 Å². The molecule has 0 spiro atoms. The van der Waals surface area contributed by atoms with Gasteiger partial charge in [0.2, 0.25) is 5.91 Å². The molecule has 0 aliphatic rings. The van der Waals surface area contributed by atoms with Crippen molar-refractivity contribution >= 4 is 5.91 Å². The summed E-state index contributed by atoms with van der Waals surface area (Å²) < 4.78 is 23.9. The summed E-state index contributed by atoms with van der Waals surface area (Å²) in [7, 11) is 1.59. The fourth-order valence-electron chi connectivity index (χ4n) is 2.75. The van der Waals surface area contributed by atoms with Crippen molar-refractivity contribution in [1.82, 2.24) is 5.32 Å². The van der Waals surface area contributed by atoms with Gasteiger partial charge in [0.05, 0.1) is 13.2 Å². The average Bonchev–Trinajstić information content (AvgIpc) is 2.67. The molecule has 2 rings (SSSR count). The molecule has 0 bridgehead atoms. The van der Waals surface area contributed by atoms with Gasteiger partial charge in [-0.05, 0) is 68.5 Å². The van der Waals surface area contributed by atoms with Gasteiger partial charge in [0, 0.05) is 6.54 Å². The largest absolute Gasteiger partial charge is 0.493 e. The van der Waals surface area contributed by atoms with Gasteiger partial charge in [-0.1, -0.05) is 18.2 Å². The first-order valence-electron chi connectivity index (χ1n) is 9.43. The highest BCUT2D eigenvalue weighted by molar-refractivity contribution is 5.80. The number of rotatable bonds is 10. The summed E-state index contributed by atoms with van der Waals surface area (Å²) in [6, 6.07) is 11.7. The first-order chi connectivity index (χ1) is 13.4. The quantitative estimate of drug-likeness (QED) is 0.654. The predicted octanol–water partition coefficient (Wildman–Crippen LogP) is 3.27. The van der Waals surface area contributed by atoms with Crippen LogP contribution in [0.1, 0.15) is 31.4 Å². The third kappa shape index (κ3) is 6.85. The van der Waals surface area contributed by atoms with Crippen LogP contribution in [0, 0.1) is 5.82 Å². The summed E-state index contributed by atoms with van der Waals surface area (Å²) in [5.41, 5.74) is 1.87. The predicted molar refractivity (Wildman–Crippen MR) is 106 cm³/mol. The molecule has 0 aliphatic carbocycles.